The van der Waals surface area contributed by atoms with Gasteiger partial charge in [0.05, 0.1) is 11.2 Å². The van der Waals surface area contributed by atoms with Crippen molar-refractivity contribution in [2.24, 2.45) is 0 Å². The second-order valence-corrected chi connectivity index (χ2v) is 8.70. The van der Waals surface area contributed by atoms with E-state index in [4.69, 9.17) is 9.97 Å². The molecule has 33 heavy (non-hydrogen) atoms. The summed E-state index contributed by atoms with van der Waals surface area (Å²) in [6.07, 6.45) is 3.47. The molecule has 1 atom stereocenters. The van der Waals surface area contributed by atoms with Crippen molar-refractivity contribution in [1.82, 2.24) is 24.6 Å². The van der Waals surface area contributed by atoms with Crippen molar-refractivity contribution >= 4 is 45.8 Å². The van der Waals surface area contributed by atoms with E-state index >= 15 is 0 Å². The summed E-state index contributed by atoms with van der Waals surface area (Å²) in [7, 11) is 0. The van der Waals surface area contributed by atoms with Gasteiger partial charge >= 0.3 is 0 Å². The van der Waals surface area contributed by atoms with Crippen LogP contribution in [0, 0.1) is 0 Å². The molecule has 0 aliphatic carbocycles. The zero-order valence-corrected chi connectivity index (χ0v) is 18.0. The number of carbonyl (C=O) groups excluding carboxylic acids is 2. The third-order valence-corrected chi connectivity index (χ3v) is 6.58. The first kappa shape index (κ1) is 19.6. The van der Waals surface area contributed by atoms with Gasteiger partial charge in [-0.1, -0.05) is 42.1 Å². The quantitative estimate of drug-likeness (QED) is 0.303. The molecule has 1 unspecified atom stereocenters. The molecule has 1 aliphatic heterocycles. The van der Waals surface area contributed by atoms with Crippen LogP contribution in [-0.4, -0.2) is 41.6 Å². The lowest BCUT2D eigenvalue weighted by atomic mass is 10.2. The van der Waals surface area contributed by atoms with E-state index in [1.807, 2.05) is 42.5 Å². The van der Waals surface area contributed by atoms with Crippen LogP contribution in [0.1, 0.15) is 6.42 Å². The highest BCUT2D eigenvalue weighted by atomic mass is 32.2. The predicted octanol–water partition coefficient (Wildman–Crippen LogP) is 3.76. The van der Waals surface area contributed by atoms with E-state index in [2.05, 4.69) is 10.1 Å². The largest absolute Gasteiger partial charge is 0.274 e. The normalized spacial score (nSPS) is 16.2. The first-order valence-corrected chi connectivity index (χ1v) is 11.2. The van der Waals surface area contributed by atoms with E-state index in [1.165, 1.54) is 16.7 Å². The number of anilines is 1. The SMILES string of the molecule is O=C1CC(Sc2nc3ccccc3c3nc(-c4ccncc4)nn23)C(=O)N1c1ccccc1. The highest BCUT2D eigenvalue weighted by molar-refractivity contribution is 8.00. The molecule has 0 bridgehead atoms. The lowest BCUT2D eigenvalue weighted by Crippen LogP contribution is -2.31. The Morgan fingerprint density at radius 2 is 1.64 bits per heavy atom. The van der Waals surface area contributed by atoms with Crippen LogP contribution < -0.4 is 4.90 Å². The summed E-state index contributed by atoms with van der Waals surface area (Å²) in [5.74, 6) is 0.0581. The maximum absolute atomic E-state index is 13.2. The fourth-order valence-corrected chi connectivity index (χ4v) is 4.97. The molecule has 1 aliphatic rings. The molecule has 2 amide bonds. The van der Waals surface area contributed by atoms with Gasteiger partial charge in [0.2, 0.25) is 11.8 Å². The zero-order chi connectivity index (χ0) is 22.4. The van der Waals surface area contributed by atoms with Crippen LogP contribution in [-0.2, 0) is 9.59 Å². The Balaban J connectivity index is 1.43. The number of aromatic nitrogens is 5. The number of para-hydroxylation sites is 2. The molecule has 5 aromatic rings. The predicted molar refractivity (Wildman–Crippen MR) is 125 cm³/mol. The topological polar surface area (TPSA) is 93.3 Å². The maximum Gasteiger partial charge on any atom is 0.247 e. The Morgan fingerprint density at radius 1 is 0.879 bits per heavy atom. The summed E-state index contributed by atoms with van der Waals surface area (Å²) >= 11 is 1.24. The van der Waals surface area contributed by atoms with Crippen molar-refractivity contribution < 1.29 is 9.59 Å². The summed E-state index contributed by atoms with van der Waals surface area (Å²) in [6, 6.07) is 20.3. The third-order valence-electron chi connectivity index (χ3n) is 5.46. The number of hydrogen-bond acceptors (Lipinski definition) is 7. The number of imide groups is 1. The van der Waals surface area contributed by atoms with Gasteiger partial charge in [-0.15, -0.1) is 5.10 Å². The van der Waals surface area contributed by atoms with Crippen LogP contribution in [0.15, 0.2) is 84.3 Å². The molecular formula is C24H16N6O2S. The van der Waals surface area contributed by atoms with Crippen molar-refractivity contribution in [1.29, 1.82) is 0 Å². The van der Waals surface area contributed by atoms with Crippen molar-refractivity contribution in [2.45, 2.75) is 16.8 Å². The molecule has 1 saturated heterocycles. The number of benzene rings is 2. The Bertz CT molecular complexity index is 1520. The van der Waals surface area contributed by atoms with E-state index in [1.54, 1.807) is 41.2 Å². The lowest BCUT2D eigenvalue weighted by molar-refractivity contribution is -0.121. The van der Waals surface area contributed by atoms with Crippen LogP contribution >= 0.6 is 11.8 Å². The van der Waals surface area contributed by atoms with E-state index in [-0.39, 0.29) is 18.2 Å². The highest BCUT2D eigenvalue weighted by Gasteiger charge is 2.41. The molecule has 9 heteroatoms. The van der Waals surface area contributed by atoms with Gasteiger partial charge in [-0.25, -0.2) is 14.9 Å². The molecule has 0 spiro atoms. The third kappa shape index (κ3) is 3.33. The lowest BCUT2D eigenvalue weighted by Gasteiger charge is -2.14. The maximum atomic E-state index is 13.2. The molecule has 4 heterocycles. The van der Waals surface area contributed by atoms with Gasteiger partial charge in [-0.2, -0.15) is 4.52 Å². The molecule has 0 saturated carbocycles. The Morgan fingerprint density at radius 3 is 2.45 bits per heavy atom. The minimum atomic E-state index is -0.594. The Hall–Kier alpha value is -4.11. The van der Waals surface area contributed by atoms with Crippen LogP contribution in [0.4, 0.5) is 5.69 Å². The molecule has 8 nitrogen and oxygen atoms in total. The number of nitrogens with zero attached hydrogens (tertiary/aromatic N) is 6. The van der Waals surface area contributed by atoms with Gasteiger partial charge in [0, 0.05) is 29.8 Å². The first-order chi connectivity index (χ1) is 16.2. The van der Waals surface area contributed by atoms with Crippen molar-refractivity contribution in [2.75, 3.05) is 4.90 Å². The zero-order valence-electron chi connectivity index (χ0n) is 17.2. The standard InChI is InChI=1S/C24H16N6O2S/c31-20-14-19(23(32)29(20)16-6-2-1-3-7-16)33-24-26-18-9-5-4-8-17(18)22-27-21(28-30(22)24)15-10-12-25-13-11-15/h1-13,19H,14H2. The van der Waals surface area contributed by atoms with Crippen LogP contribution in [0.3, 0.4) is 0 Å². The number of amides is 2. The van der Waals surface area contributed by atoms with Crippen LogP contribution in [0.2, 0.25) is 0 Å². The molecule has 160 valence electrons. The number of fused-ring (bicyclic) bond motifs is 3. The molecule has 0 radical (unpaired) electrons. The minimum Gasteiger partial charge on any atom is -0.274 e. The Labute approximate surface area is 192 Å². The van der Waals surface area contributed by atoms with E-state index in [0.29, 0.717) is 22.3 Å². The van der Waals surface area contributed by atoms with Crippen molar-refractivity contribution in [3.63, 3.8) is 0 Å². The second-order valence-electron chi connectivity index (χ2n) is 7.53. The molecule has 2 aromatic carbocycles. The molecule has 6 rings (SSSR count). The summed E-state index contributed by atoms with van der Waals surface area (Å²) < 4.78 is 1.66. The van der Waals surface area contributed by atoms with E-state index in [0.717, 1.165) is 16.5 Å². The van der Waals surface area contributed by atoms with Gasteiger partial charge in [0.15, 0.2) is 16.6 Å². The Kier molecular flexibility index (Phi) is 4.62. The van der Waals surface area contributed by atoms with Gasteiger partial charge in [-0.3, -0.25) is 14.6 Å². The molecule has 3 aromatic heterocycles. The van der Waals surface area contributed by atoms with Crippen LogP contribution in [0.5, 0.6) is 0 Å². The first-order valence-electron chi connectivity index (χ1n) is 10.3. The summed E-state index contributed by atoms with van der Waals surface area (Å²) in [5.41, 5.74) is 2.80. The van der Waals surface area contributed by atoms with Gasteiger partial charge in [0.25, 0.3) is 0 Å². The molecule has 1 fully saturated rings. The van der Waals surface area contributed by atoms with Crippen LogP contribution in [0.25, 0.3) is 27.9 Å². The van der Waals surface area contributed by atoms with E-state index in [9.17, 15) is 9.59 Å². The average molecular weight is 452 g/mol. The number of thioether (sulfide) groups is 1. The molecule has 0 N–H and O–H groups in total. The number of carbonyl (C=O) groups is 2. The second kappa shape index (κ2) is 7.79. The summed E-state index contributed by atoms with van der Waals surface area (Å²) in [4.78, 5) is 40.6. The monoisotopic (exact) mass is 452 g/mol. The smallest absolute Gasteiger partial charge is 0.247 e. The minimum absolute atomic E-state index is 0.0975. The fraction of sp³-hybridized carbons (Fsp3) is 0.0833. The summed E-state index contributed by atoms with van der Waals surface area (Å²) in [6.45, 7) is 0. The van der Waals surface area contributed by atoms with Gasteiger partial charge in [0.1, 0.15) is 5.25 Å². The van der Waals surface area contributed by atoms with Gasteiger partial charge in [-0.05, 0) is 36.4 Å². The highest BCUT2D eigenvalue weighted by Crippen LogP contribution is 2.35. The average Bonchev–Trinajstić information content (AvgIpc) is 3.42. The van der Waals surface area contributed by atoms with Gasteiger partial charge < -0.3 is 0 Å². The number of rotatable bonds is 4. The fourth-order valence-electron chi connectivity index (χ4n) is 3.90. The molecular weight excluding hydrogens is 436 g/mol. The van der Waals surface area contributed by atoms with Crippen molar-refractivity contribution in [3.8, 4) is 11.4 Å². The van der Waals surface area contributed by atoms with Crippen molar-refractivity contribution in [3.05, 3.63) is 79.1 Å². The van der Waals surface area contributed by atoms with E-state index < -0.39 is 5.25 Å². The number of pyridine rings is 1. The number of hydrogen-bond donors (Lipinski definition) is 0. The summed E-state index contributed by atoms with van der Waals surface area (Å²) in [5, 5.41) is 5.45.